The van der Waals surface area contributed by atoms with Crippen LogP contribution in [-0.2, 0) is 14.3 Å². The highest BCUT2D eigenvalue weighted by molar-refractivity contribution is 6.04. The number of benzene rings is 2. The number of hydrogen-bond donors (Lipinski definition) is 1. The van der Waals surface area contributed by atoms with Gasteiger partial charge in [-0.15, -0.1) is 0 Å². The van der Waals surface area contributed by atoms with Crippen molar-refractivity contribution >= 4 is 11.8 Å². The van der Waals surface area contributed by atoms with Gasteiger partial charge in [0.2, 0.25) is 5.75 Å². The van der Waals surface area contributed by atoms with Crippen molar-refractivity contribution in [1.29, 1.82) is 0 Å². The van der Waals surface area contributed by atoms with Crippen molar-refractivity contribution in [3.63, 3.8) is 0 Å². The Kier molecular flexibility index (Phi) is 7.96. The Bertz CT molecular complexity index is 1280. The Morgan fingerprint density at radius 3 is 2.15 bits per heavy atom. The maximum absolute atomic E-state index is 13.9. The maximum atomic E-state index is 13.9. The van der Waals surface area contributed by atoms with E-state index in [-0.39, 0.29) is 23.8 Å². The summed E-state index contributed by atoms with van der Waals surface area (Å²) in [5, 5.41) is 3.45. The van der Waals surface area contributed by atoms with E-state index in [1.165, 1.54) is 6.42 Å². The van der Waals surface area contributed by atoms with E-state index >= 15 is 0 Å². The Labute approximate surface area is 230 Å². The molecule has 0 amide bonds. The molecule has 0 saturated heterocycles. The summed E-state index contributed by atoms with van der Waals surface area (Å²) in [5.74, 6) is 0.482. The van der Waals surface area contributed by atoms with E-state index in [2.05, 4.69) is 17.4 Å². The minimum absolute atomic E-state index is 0.0202. The number of Topliss-reactive ketones (excluding diaryl/α,β-unsaturated/α-hetero) is 1. The molecule has 1 heterocycles. The predicted molar refractivity (Wildman–Crippen MR) is 148 cm³/mol. The van der Waals surface area contributed by atoms with Gasteiger partial charge in [-0.1, -0.05) is 36.8 Å². The number of allylic oxidation sites excluding steroid dienone is 3. The van der Waals surface area contributed by atoms with Gasteiger partial charge in [-0.05, 0) is 68.2 Å². The summed E-state index contributed by atoms with van der Waals surface area (Å²) < 4.78 is 22.9. The zero-order chi connectivity index (χ0) is 27.5. The molecule has 1 fully saturated rings. The minimum atomic E-state index is -0.615. The number of nitrogens with one attached hydrogen (secondary N) is 1. The summed E-state index contributed by atoms with van der Waals surface area (Å²) in [7, 11) is 4.67. The van der Waals surface area contributed by atoms with Gasteiger partial charge < -0.3 is 24.3 Å². The molecule has 1 aliphatic heterocycles. The quantitative estimate of drug-likeness (QED) is 0.442. The van der Waals surface area contributed by atoms with Gasteiger partial charge in [0.1, 0.15) is 6.10 Å². The van der Waals surface area contributed by atoms with Crippen molar-refractivity contribution in [2.45, 2.75) is 69.8 Å². The van der Waals surface area contributed by atoms with Crippen LogP contribution in [0.2, 0.25) is 0 Å². The second-order valence-corrected chi connectivity index (χ2v) is 10.6. The van der Waals surface area contributed by atoms with Crippen LogP contribution >= 0.6 is 0 Å². The topological polar surface area (TPSA) is 83.1 Å². The number of rotatable bonds is 7. The molecule has 1 N–H and O–H groups in total. The highest BCUT2D eigenvalue weighted by atomic mass is 16.5. The van der Waals surface area contributed by atoms with Crippen LogP contribution in [0.5, 0.6) is 17.2 Å². The van der Waals surface area contributed by atoms with Crippen LogP contribution in [0.1, 0.15) is 74.8 Å². The van der Waals surface area contributed by atoms with Crippen LogP contribution in [0.25, 0.3) is 0 Å². The van der Waals surface area contributed by atoms with Gasteiger partial charge in [-0.2, -0.15) is 0 Å². The average molecular weight is 532 g/mol. The van der Waals surface area contributed by atoms with Gasteiger partial charge in [0.05, 0.1) is 26.9 Å². The van der Waals surface area contributed by atoms with Gasteiger partial charge in [0.25, 0.3) is 0 Å². The highest BCUT2D eigenvalue weighted by Gasteiger charge is 2.42. The molecule has 2 aromatic carbocycles. The number of carbonyl (C=O) groups is 2. The second kappa shape index (κ2) is 11.6. The summed E-state index contributed by atoms with van der Waals surface area (Å²) in [6.07, 6.45) is 5.95. The van der Waals surface area contributed by atoms with Crippen LogP contribution in [0, 0.1) is 0 Å². The Balaban J connectivity index is 1.61. The predicted octanol–water partition coefficient (Wildman–Crippen LogP) is 5.95. The number of esters is 1. The average Bonchev–Trinajstić information content (AvgIpc) is 2.96. The second-order valence-electron chi connectivity index (χ2n) is 10.6. The van der Waals surface area contributed by atoms with Crippen molar-refractivity contribution in [1.82, 2.24) is 5.32 Å². The summed E-state index contributed by atoms with van der Waals surface area (Å²) in [4.78, 5) is 27.8. The lowest BCUT2D eigenvalue weighted by atomic mass is 9.71. The smallest absolute Gasteiger partial charge is 0.337 e. The molecule has 2 aromatic rings. The maximum Gasteiger partial charge on any atom is 0.337 e. The minimum Gasteiger partial charge on any atom is -0.493 e. The Hall–Kier alpha value is -3.74. The van der Waals surface area contributed by atoms with E-state index in [1.54, 1.807) is 21.3 Å². The summed E-state index contributed by atoms with van der Waals surface area (Å²) in [6.45, 7) is 1.89. The van der Waals surface area contributed by atoms with Crippen LogP contribution in [0.15, 0.2) is 65.0 Å². The van der Waals surface area contributed by atoms with E-state index < -0.39 is 5.92 Å². The highest BCUT2D eigenvalue weighted by Crippen LogP contribution is 2.49. The molecule has 0 bridgehead atoms. The molecule has 7 nitrogen and oxygen atoms in total. The summed E-state index contributed by atoms with van der Waals surface area (Å²) in [6, 6.07) is 13.8. The van der Waals surface area contributed by atoms with E-state index in [4.69, 9.17) is 18.9 Å². The normalized spacial score (nSPS) is 21.7. The van der Waals surface area contributed by atoms with E-state index in [0.29, 0.717) is 46.9 Å². The number of ether oxygens (including phenoxy) is 4. The molecule has 5 rings (SSSR count). The SMILES string of the molecule is COc1cc([C@@H]2C(C(=O)OC3CCCCC3)=C(C)NC3=C2C(=O)C[C@@H](c2ccccc2)C3)cc(OC)c1OC. The van der Waals surface area contributed by atoms with Crippen molar-refractivity contribution in [2.24, 2.45) is 0 Å². The molecule has 39 heavy (non-hydrogen) atoms. The first-order valence-corrected chi connectivity index (χ1v) is 13.7. The monoisotopic (exact) mass is 531 g/mol. The van der Waals surface area contributed by atoms with E-state index in [0.717, 1.165) is 42.5 Å². The lowest BCUT2D eigenvalue weighted by molar-refractivity contribution is -0.146. The molecule has 7 heteroatoms. The number of ketones is 1. The molecule has 2 atom stereocenters. The van der Waals surface area contributed by atoms with Crippen LogP contribution in [-0.4, -0.2) is 39.2 Å². The van der Waals surface area contributed by atoms with Gasteiger partial charge in [-0.3, -0.25) is 4.79 Å². The lowest BCUT2D eigenvalue weighted by Gasteiger charge is -2.37. The summed E-state index contributed by atoms with van der Waals surface area (Å²) in [5.41, 5.74) is 4.48. The fourth-order valence-corrected chi connectivity index (χ4v) is 6.27. The molecular formula is C32H37NO6. The molecule has 3 aliphatic rings. The van der Waals surface area contributed by atoms with Crippen molar-refractivity contribution in [2.75, 3.05) is 21.3 Å². The molecule has 0 radical (unpaired) electrons. The number of hydrogen-bond acceptors (Lipinski definition) is 7. The molecule has 0 spiro atoms. The third-order valence-corrected chi connectivity index (χ3v) is 8.16. The fraction of sp³-hybridized carbons (Fsp3) is 0.438. The number of methoxy groups -OCH3 is 3. The first kappa shape index (κ1) is 26.9. The fourth-order valence-electron chi connectivity index (χ4n) is 6.27. The molecule has 206 valence electrons. The third-order valence-electron chi connectivity index (χ3n) is 8.16. The van der Waals surface area contributed by atoms with Crippen molar-refractivity contribution in [3.8, 4) is 17.2 Å². The van der Waals surface area contributed by atoms with Crippen LogP contribution in [0.3, 0.4) is 0 Å². The molecular weight excluding hydrogens is 494 g/mol. The van der Waals surface area contributed by atoms with E-state index in [9.17, 15) is 9.59 Å². The van der Waals surface area contributed by atoms with Crippen LogP contribution < -0.4 is 19.5 Å². The first-order valence-electron chi connectivity index (χ1n) is 13.7. The van der Waals surface area contributed by atoms with Crippen molar-refractivity contribution < 1.29 is 28.5 Å². The third kappa shape index (κ3) is 5.27. The molecule has 0 unspecified atom stereocenters. The number of dihydropyridines is 1. The first-order chi connectivity index (χ1) is 18.9. The van der Waals surface area contributed by atoms with Gasteiger partial charge in [0.15, 0.2) is 17.3 Å². The standard InChI is InChI=1S/C32H37NO6/c1-19-28(32(35)39-23-13-9-6-10-14-23)29(22-17-26(36-2)31(38-4)27(18-22)37-3)30-24(33-19)15-21(16-25(30)34)20-11-7-5-8-12-20/h5,7-8,11-12,17-18,21,23,29,33H,6,9-10,13-16H2,1-4H3/t21-,29+/m0/s1. The molecule has 2 aliphatic carbocycles. The number of carbonyl (C=O) groups excluding carboxylic acids is 2. The lowest BCUT2D eigenvalue weighted by Crippen LogP contribution is -2.37. The van der Waals surface area contributed by atoms with E-state index in [1.807, 2.05) is 37.3 Å². The largest absolute Gasteiger partial charge is 0.493 e. The van der Waals surface area contributed by atoms with Crippen LogP contribution in [0.4, 0.5) is 0 Å². The zero-order valence-electron chi connectivity index (χ0n) is 23.2. The Morgan fingerprint density at radius 1 is 0.872 bits per heavy atom. The van der Waals surface area contributed by atoms with Gasteiger partial charge >= 0.3 is 5.97 Å². The van der Waals surface area contributed by atoms with Gasteiger partial charge in [0, 0.05) is 29.3 Å². The zero-order valence-corrected chi connectivity index (χ0v) is 23.2. The molecule has 1 saturated carbocycles. The Morgan fingerprint density at radius 2 is 1.54 bits per heavy atom. The summed E-state index contributed by atoms with van der Waals surface area (Å²) >= 11 is 0. The molecule has 0 aromatic heterocycles. The van der Waals surface area contributed by atoms with Crippen molar-refractivity contribution in [3.05, 3.63) is 76.1 Å². The van der Waals surface area contributed by atoms with Gasteiger partial charge in [-0.25, -0.2) is 4.79 Å².